The number of fused-ring (bicyclic) bond motifs is 10. The molecule has 0 saturated carbocycles. The van der Waals surface area contributed by atoms with E-state index in [0.717, 1.165) is 48.5 Å². The Morgan fingerprint density at radius 1 is 0.298 bits per heavy atom. The standard InChI is InChI=1S/2C16H11N3O5.2C16H13N3O3.C16H12N2O3.2CH4.3CH3.3W/c20-14-5-4-9(16(21)17-14)15-11-7-10-8(6-13(11)24-18-15)2-1-3-12(10)19(22)23;20-14-5-4-9(16(21)17-14)15-11-6-8-2-1-3-12(19(22)23)10(8)7-13(11)24-18-15;17-12-3-1-2-8-6-13-11(7-10(8)12)15(19-22-13)9-4-5-14(20)18-16(9)21;17-12-3-1-2-8-6-11-13(7-10(8)12)22-19-15(11)9-4-5-14(20)18-16(9)21;19-14-6-5-11(16(20)17-14)15-12-7-9-3-1-2-4-10(9)8-13(12)21-18-15;;;;;;;;/h2*1-3,6-7,9H,4-5H2,(H,17,20,21);2*1-3,6-7,9H,4-5,17H2,(H,18,20,21);1-4,7-8,11H,5-6H2,(H,17,19,20);2*1H4;3*1H3;;;/q;;;;;;;3*-1;;;. The van der Waals surface area contributed by atoms with E-state index in [9.17, 15) is 68.2 Å². The van der Waals surface area contributed by atoms with Crippen LogP contribution in [-0.4, -0.2) is 94.7 Å². The number of nitrogens with zero attached hydrogens (tertiary/aromatic N) is 7. The average Bonchev–Trinajstić information content (AvgIpc) is 1.70. The third-order valence-electron chi connectivity index (χ3n) is 20.6. The van der Waals surface area contributed by atoms with Gasteiger partial charge in [0.1, 0.15) is 28.5 Å². The van der Waals surface area contributed by atoms with Gasteiger partial charge >= 0.3 is 0 Å². The van der Waals surface area contributed by atoms with Crippen LogP contribution in [0, 0.1) is 42.5 Å². The normalized spacial score (nSPS) is 17.3. The molecule has 36 heteroatoms. The molecule has 121 heavy (non-hydrogen) atoms. The van der Waals surface area contributed by atoms with E-state index in [0.29, 0.717) is 151 Å². The predicted octanol–water partition coefficient (Wildman–Crippen LogP) is 14.1. The molecule has 10 heterocycles. The number of benzene rings is 10. The number of imide groups is 5. The van der Waals surface area contributed by atoms with Crippen LogP contribution in [0.1, 0.15) is 137 Å². The second kappa shape index (κ2) is 38.8. The fraction of sp³-hybridized carbons (Fsp3) is 0.200. The van der Waals surface area contributed by atoms with Crippen molar-refractivity contribution in [2.75, 3.05) is 11.5 Å². The van der Waals surface area contributed by atoms with Crippen molar-refractivity contribution in [3.05, 3.63) is 229 Å². The second-order valence-corrected chi connectivity index (χ2v) is 27.6. The summed E-state index contributed by atoms with van der Waals surface area (Å²) in [6.45, 7) is 0. The molecule has 0 aliphatic carbocycles. The summed E-state index contributed by atoms with van der Waals surface area (Å²) >= 11 is 0. The van der Waals surface area contributed by atoms with Gasteiger partial charge in [-0.3, -0.25) is 94.8 Å². The van der Waals surface area contributed by atoms with Crippen molar-refractivity contribution in [3.8, 4) is 0 Å². The Balaban J connectivity index is 0.000000185. The second-order valence-electron chi connectivity index (χ2n) is 27.6. The van der Waals surface area contributed by atoms with Gasteiger partial charge in [0.2, 0.25) is 59.1 Å². The molecule has 20 rings (SSSR count). The van der Waals surface area contributed by atoms with Crippen LogP contribution in [0.5, 0.6) is 0 Å². The maximum Gasteiger partial charge on any atom is 0.277 e. The van der Waals surface area contributed by atoms with Gasteiger partial charge in [0.15, 0.2) is 27.9 Å². The largest absolute Gasteiger partial charge is 0.398 e. The first-order valence-corrected chi connectivity index (χ1v) is 35.6. The molecule has 622 valence electrons. The van der Waals surface area contributed by atoms with E-state index in [1.165, 1.54) is 12.1 Å². The van der Waals surface area contributed by atoms with Crippen molar-refractivity contribution >= 4 is 191 Å². The van der Waals surface area contributed by atoms with Crippen LogP contribution in [0.4, 0.5) is 22.7 Å². The maximum absolute atomic E-state index is 12.1. The number of nitrogen functional groups attached to an aromatic ring is 2. The Hall–Kier alpha value is -13.0. The number of rotatable bonds is 7. The topological polar surface area (TPSA) is 499 Å². The number of hydrogen-bond acceptors (Lipinski definition) is 26. The van der Waals surface area contributed by atoms with Crippen molar-refractivity contribution in [1.82, 2.24) is 52.4 Å². The molecule has 5 unspecified atom stereocenters. The quantitative estimate of drug-likeness (QED) is 0.0256. The predicted molar refractivity (Wildman–Crippen MR) is 438 cm³/mol. The first-order valence-electron chi connectivity index (χ1n) is 35.6. The van der Waals surface area contributed by atoms with Gasteiger partial charge in [-0.15, -0.1) is 0 Å². The van der Waals surface area contributed by atoms with Crippen molar-refractivity contribution < 1.29 is 144 Å². The molecular formula is C85H77N14O19W3-3. The van der Waals surface area contributed by atoms with Gasteiger partial charge in [0.05, 0.1) is 50.2 Å². The smallest absolute Gasteiger partial charge is 0.277 e. The number of nitro benzene ring substituents is 2. The zero-order valence-electron chi connectivity index (χ0n) is 63.2. The van der Waals surface area contributed by atoms with Crippen molar-refractivity contribution in [2.45, 2.75) is 109 Å². The van der Waals surface area contributed by atoms with Crippen LogP contribution in [0.2, 0.25) is 0 Å². The SMILES string of the molecule is C.C.Nc1cccc2cc3c(C4CCC(=O)NC4=O)noc3cc12.Nc1cccc2cc3onc(C4CCC(=O)NC4=O)c3cc12.O=C1CCC(c2noc3cc4c([N+](=O)[O-])cccc4cc23)C(=O)N1.O=C1CCC(c2noc3cc4cccc([N+](=O)[O-])c4cc23)C(=O)N1.O=C1CCC(c2noc3cc4ccccc4cc23)C(=O)N1.[CH3-].[CH3-].[CH3-].[W].[W].[W]. The Labute approximate surface area is 730 Å². The average molecular weight is 2150 g/mol. The molecule has 5 saturated heterocycles. The number of piperidine rings is 5. The van der Waals surface area contributed by atoms with E-state index in [1.807, 2.05) is 97.1 Å². The minimum Gasteiger partial charge on any atom is -0.398 e. The third-order valence-corrected chi connectivity index (χ3v) is 20.6. The van der Waals surface area contributed by atoms with Crippen LogP contribution in [0.25, 0.3) is 109 Å². The van der Waals surface area contributed by atoms with Gasteiger partial charge in [0, 0.05) is 157 Å². The number of aromatic nitrogens is 5. The van der Waals surface area contributed by atoms with Gasteiger partial charge in [-0.25, -0.2) is 0 Å². The monoisotopic (exact) mass is 2150 g/mol. The summed E-state index contributed by atoms with van der Waals surface area (Å²) in [5.74, 6) is -5.64. The summed E-state index contributed by atoms with van der Waals surface area (Å²) in [6, 6.07) is 46.8. The van der Waals surface area contributed by atoms with Gasteiger partial charge in [0.25, 0.3) is 11.4 Å². The summed E-state index contributed by atoms with van der Waals surface area (Å²) < 4.78 is 26.7. The van der Waals surface area contributed by atoms with Crippen LogP contribution in [0.15, 0.2) is 180 Å². The van der Waals surface area contributed by atoms with E-state index >= 15 is 0 Å². The first kappa shape index (κ1) is 93.5. The number of non-ortho nitro benzene ring substituents is 2. The molecule has 5 aromatic heterocycles. The number of carbonyl (C=O) groups is 10. The molecular weight excluding hydrogens is 2070 g/mol. The Kier molecular flexibility index (Phi) is 30.0. The zero-order chi connectivity index (χ0) is 78.6. The molecule has 5 aliphatic rings. The number of anilines is 2. The molecule has 0 bridgehead atoms. The summed E-state index contributed by atoms with van der Waals surface area (Å²) in [6.07, 6.45) is 3.46. The number of hydrogen-bond donors (Lipinski definition) is 7. The molecule has 5 aliphatic heterocycles. The molecule has 10 aromatic carbocycles. The van der Waals surface area contributed by atoms with E-state index in [4.69, 9.17) is 34.1 Å². The van der Waals surface area contributed by atoms with Crippen molar-refractivity contribution in [1.29, 1.82) is 0 Å². The van der Waals surface area contributed by atoms with E-state index in [-0.39, 0.29) is 172 Å². The van der Waals surface area contributed by atoms with E-state index in [2.05, 4.69) is 52.4 Å². The zero-order valence-corrected chi connectivity index (χ0v) is 72.0. The Morgan fingerprint density at radius 2 is 0.521 bits per heavy atom. The molecule has 0 spiro atoms. The molecule has 5 fully saturated rings. The summed E-state index contributed by atoms with van der Waals surface area (Å²) in [5.41, 5.74) is 18.5. The fourth-order valence-corrected chi connectivity index (χ4v) is 14.9. The van der Waals surface area contributed by atoms with Gasteiger partial charge < -0.3 is 56.4 Å². The number of amides is 10. The maximum atomic E-state index is 12.1. The van der Waals surface area contributed by atoms with Crippen molar-refractivity contribution in [3.63, 3.8) is 0 Å². The summed E-state index contributed by atoms with van der Waals surface area (Å²) in [7, 11) is 0. The van der Waals surface area contributed by atoms with Gasteiger partial charge in [-0.1, -0.05) is 113 Å². The van der Waals surface area contributed by atoms with Crippen molar-refractivity contribution in [2.24, 2.45) is 0 Å². The van der Waals surface area contributed by atoms with Crippen LogP contribution in [0.3, 0.4) is 0 Å². The molecule has 0 radical (unpaired) electrons. The number of carbonyl (C=O) groups excluding carboxylic acids is 10. The Bertz CT molecular complexity index is 6630. The van der Waals surface area contributed by atoms with E-state index < -0.39 is 51.3 Å². The minimum absolute atomic E-state index is 0. The third kappa shape index (κ3) is 18.6. The number of nitrogens with two attached hydrogens (primary N) is 2. The minimum atomic E-state index is -0.607. The number of nitrogens with one attached hydrogen (secondary N) is 5. The van der Waals surface area contributed by atoms with Crippen LogP contribution in [-0.2, 0) is 111 Å². The summed E-state index contributed by atoms with van der Waals surface area (Å²) in [4.78, 5) is 138. The molecule has 9 N–H and O–H groups in total. The number of nitro groups is 2. The molecule has 33 nitrogen and oxygen atoms in total. The van der Waals surface area contributed by atoms with E-state index in [1.54, 1.807) is 48.5 Å². The fourth-order valence-electron chi connectivity index (χ4n) is 14.9. The van der Waals surface area contributed by atoms with Gasteiger partial charge in [-0.2, -0.15) is 0 Å². The first-order chi connectivity index (χ1) is 54.6. The molecule has 10 amide bonds. The Morgan fingerprint density at radius 3 is 0.843 bits per heavy atom. The molecule has 5 atom stereocenters. The molecule has 15 aromatic rings. The van der Waals surface area contributed by atoms with Crippen LogP contribution < -0.4 is 38.1 Å². The van der Waals surface area contributed by atoms with Gasteiger partial charge in [-0.05, 0) is 137 Å². The summed E-state index contributed by atoms with van der Waals surface area (Å²) in [5, 5.41) is 65.8. The van der Waals surface area contributed by atoms with Crippen LogP contribution >= 0.6 is 0 Å².